The topological polar surface area (TPSA) is 39.1 Å². The Morgan fingerprint density at radius 3 is 3.06 bits per heavy atom. The van der Waals surface area contributed by atoms with Crippen LogP contribution in [0.5, 0.6) is 0 Å². The average molecular weight is 306 g/mol. The quantitative estimate of drug-likeness (QED) is 0.866. The number of nitriles is 1. The summed E-state index contributed by atoms with van der Waals surface area (Å²) >= 11 is 3.47. The van der Waals surface area contributed by atoms with Crippen molar-refractivity contribution < 1.29 is 0 Å². The van der Waals surface area contributed by atoms with Crippen LogP contribution >= 0.6 is 15.9 Å². The van der Waals surface area contributed by atoms with Gasteiger partial charge in [0.25, 0.3) is 0 Å². The van der Waals surface area contributed by atoms with Crippen LogP contribution in [0.1, 0.15) is 18.4 Å². The van der Waals surface area contributed by atoms with Gasteiger partial charge in [0.05, 0.1) is 11.3 Å². The Kier molecular flexibility index (Phi) is 3.27. The standard InChI is InChI=1S/C14H16BrN3/c15-12-4-1-5-14(11(12)7-16)18-8-10-3-2-6-17-13(10)9-18/h1,4-5,10,13,17H,2-3,6,8-9H2/t10-,13+/m0/s1. The molecule has 0 aliphatic carbocycles. The highest BCUT2D eigenvalue weighted by Gasteiger charge is 2.35. The maximum absolute atomic E-state index is 9.30. The number of benzene rings is 1. The van der Waals surface area contributed by atoms with Crippen LogP contribution in [-0.2, 0) is 0 Å². The SMILES string of the molecule is N#Cc1c(Br)cccc1N1C[C@@H]2CCCN[C@@H]2C1. The molecule has 2 fully saturated rings. The van der Waals surface area contributed by atoms with Gasteiger partial charge in [0.1, 0.15) is 6.07 Å². The van der Waals surface area contributed by atoms with Gasteiger partial charge in [-0.1, -0.05) is 6.07 Å². The number of rotatable bonds is 1. The zero-order valence-corrected chi connectivity index (χ0v) is 11.8. The molecule has 0 radical (unpaired) electrons. The maximum atomic E-state index is 9.30. The molecule has 0 aromatic heterocycles. The molecule has 2 aliphatic rings. The lowest BCUT2D eigenvalue weighted by molar-refractivity contribution is 0.340. The molecule has 2 heterocycles. The van der Waals surface area contributed by atoms with Gasteiger partial charge in [-0.05, 0) is 53.4 Å². The summed E-state index contributed by atoms with van der Waals surface area (Å²) in [5, 5.41) is 12.9. The highest BCUT2D eigenvalue weighted by molar-refractivity contribution is 9.10. The van der Waals surface area contributed by atoms with Gasteiger partial charge in [-0.2, -0.15) is 5.26 Å². The fourth-order valence-corrected chi connectivity index (χ4v) is 3.57. The van der Waals surface area contributed by atoms with Gasteiger partial charge in [-0.25, -0.2) is 0 Å². The first-order valence-corrected chi connectivity index (χ1v) is 7.26. The third kappa shape index (κ3) is 2.02. The van der Waals surface area contributed by atoms with Crippen LogP contribution in [0.4, 0.5) is 5.69 Å². The normalized spacial score (nSPS) is 26.8. The number of hydrogen-bond acceptors (Lipinski definition) is 3. The van der Waals surface area contributed by atoms with Crippen molar-refractivity contribution in [2.45, 2.75) is 18.9 Å². The molecular formula is C14H16BrN3. The van der Waals surface area contributed by atoms with E-state index in [1.807, 2.05) is 12.1 Å². The summed E-state index contributed by atoms with van der Waals surface area (Å²) in [6.07, 6.45) is 2.59. The van der Waals surface area contributed by atoms with Crippen molar-refractivity contribution in [2.75, 3.05) is 24.5 Å². The van der Waals surface area contributed by atoms with Crippen LogP contribution in [0.2, 0.25) is 0 Å². The number of anilines is 1. The van der Waals surface area contributed by atoms with Crippen molar-refractivity contribution in [1.82, 2.24) is 5.32 Å². The molecule has 2 atom stereocenters. The molecule has 0 amide bonds. The highest BCUT2D eigenvalue weighted by Crippen LogP contribution is 2.33. The van der Waals surface area contributed by atoms with Crippen molar-refractivity contribution in [2.24, 2.45) is 5.92 Å². The van der Waals surface area contributed by atoms with Gasteiger partial charge < -0.3 is 10.2 Å². The average Bonchev–Trinajstić information content (AvgIpc) is 2.82. The van der Waals surface area contributed by atoms with Crippen LogP contribution in [0.3, 0.4) is 0 Å². The Morgan fingerprint density at radius 1 is 1.39 bits per heavy atom. The fourth-order valence-electron chi connectivity index (χ4n) is 3.13. The lowest BCUT2D eigenvalue weighted by atomic mass is 9.94. The summed E-state index contributed by atoms with van der Waals surface area (Å²) in [6, 6.07) is 8.91. The molecule has 1 N–H and O–H groups in total. The van der Waals surface area contributed by atoms with Crippen LogP contribution < -0.4 is 10.2 Å². The van der Waals surface area contributed by atoms with E-state index in [4.69, 9.17) is 0 Å². The summed E-state index contributed by atoms with van der Waals surface area (Å²) < 4.78 is 0.894. The van der Waals surface area contributed by atoms with E-state index < -0.39 is 0 Å². The Hall–Kier alpha value is -1.05. The van der Waals surface area contributed by atoms with E-state index in [1.54, 1.807) is 0 Å². The first-order chi connectivity index (χ1) is 8.79. The fraction of sp³-hybridized carbons (Fsp3) is 0.500. The first-order valence-electron chi connectivity index (χ1n) is 6.46. The Morgan fingerprint density at radius 2 is 2.28 bits per heavy atom. The second-order valence-corrected chi connectivity index (χ2v) is 5.97. The number of nitrogens with zero attached hydrogens (tertiary/aromatic N) is 2. The van der Waals surface area contributed by atoms with Gasteiger partial charge in [0.15, 0.2) is 0 Å². The van der Waals surface area contributed by atoms with E-state index in [1.165, 1.54) is 12.8 Å². The second-order valence-electron chi connectivity index (χ2n) is 5.11. The van der Waals surface area contributed by atoms with E-state index in [2.05, 4.69) is 38.3 Å². The predicted molar refractivity (Wildman–Crippen MR) is 75.6 cm³/mol. The van der Waals surface area contributed by atoms with Crippen molar-refractivity contribution >= 4 is 21.6 Å². The molecule has 0 spiro atoms. The molecule has 2 saturated heterocycles. The number of hydrogen-bond donors (Lipinski definition) is 1. The van der Waals surface area contributed by atoms with Crippen LogP contribution in [0, 0.1) is 17.2 Å². The summed E-state index contributed by atoms with van der Waals surface area (Å²) in [5.74, 6) is 0.740. The third-order valence-corrected chi connectivity index (χ3v) is 4.70. The largest absolute Gasteiger partial charge is 0.369 e. The molecule has 3 rings (SSSR count). The lowest BCUT2D eigenvalue weighted by Gasteiger charge is -2.24. The zero-order chi connectivity index (χ0) is 12.5. The minimum absolute atomic E-state index is 0.601. The molecule has 0 saturated carbocycles. The second kappa shape index (κ2) is 4.91. The molecule has 3 nitrogen and oxygen atoms in total. The van der Waals surface area contributed by atoms with E-state index >= 15 is 0 Å². The molecule has 94 valence electrons. The minimum atomic E-state index is 0.601. The number of fused-ring (bicyclic) bond motifs is 1. The first kappa shape index (κ1) is 12.0. The lowest BCUT2D eigenvalue weighted by Crippen LogP contribution is -2.40. The van der Waals surface area contributed by atoms with Crippen molar-refractivity contribution in [3.05, 3.63) is 28.2 Å². The molecular weight excluding hydrogens is 290 g/mol. The van der Waals surface area contributed by atoms with Crippen LogP contribution in [0.25, 0.3) is 0 Å². The van der Waals surface area contributed by atoms with E-state index in [9.17, 15) is 5.26 Å². The Labute approximate surface area is 116 Å². The number of piperidine rings is 1. The maximum Gasteiger partial charge on any atom is 0.103 e. The van der Waals surface area contributed by atoms with Gasteiger partial charge in [0.2, 0.25) is 0 Å². The van der Waals surface area contributed by atoms with E-state index in [-0.39, 0.29) is 0 Å². The summed E-state index contributed by atoms with van der Waals surface area (Å²) in [5.41, 5.74) is 1.83. The molecule has 0 unspecified atom stereocenters. The Bertz CT molecular complexity index is 480. The molecule has 18 heavy (non-hydrogen) atoms. The number of nitrogens with one attached hydrogen (secondary N) is 1. The van der Waals surface area contributed by atoms with Gasteiger partial charge >= 0.3 is 0 Å². The zero-order valence-electron chi connectivity index (χ0n) is 10.2. The van der Waals surface area contributed by atoms with Gasteiger partial charge in [0, 0.05) is 23.6 Å². The minimum Gasteiger partial charge on any atom is -0.369 e. The predicted octanol–water partition coefficient (Wildman–Crippen LogP) is 2.51. The molecule has 2 aliphatic heterocycles. The van der Waals surface area contributed by atoms with Gasteiger partial charge in [-0.15, -0.1) is 0 Å². The van der Waals surface area contributed by atoms with Crippen LogP contribution in [-0.4, -0.2) is 25.7 Å². The highest BCUT2D eigenvalue weighted by atomic mass is 79.9. The molecule has 0 bridgehead atoms. The van der Waals surface area contributed by atoms with E-state index in [0.29, 0.717) is 6.04 Å². The Balaban J connectivity index is 1.88. The van der Waals surface area contributed by atoms with Crippen molar-refractivity contribution in [1.29, 1.82) is 5.26 Å². The van der Waals surface area contributed by atoms with Crippen LogP contribution in [0.15, 0.2) is 22.7 Å². The smallest absolute Gasteiger partial charge is 0.103 e. The van der Waals surface area contributed by atoms with E-state index in [0.717, 1.165) is 41.3 Å². The van der Waals surface area contributed by atoms with Crippen molar-refractivity contribution in [3.63, 3.8) is 0 Å². The number of halogens is 1. The monoisotopic (exact) mass is 305 g/mol. The summed E-state index contributed by atoms with van der Waals surface area (Å²) in [6.45, 7) is 3.23. The molecule has 1 aromatic rings. The molecule has 4 heteroatoms. The third-order valence-electron chi connectivity index (χ3n) is 4.04. The summed E-state index contributed by atoms with van der Waals surface area (Å²) in [7, 11) is 0. The molecule has 1 aromatic carbocycles. The summed E-state index contributed by atoms with van der Waals surface area (Å²) in [4.78, 5) is 2.36. The van der Waals surface area contributed by atoms with Gasteiger partial charge in [-0.3, -0.25) is 0 Å². The van der Waals surface area contributed by atoms with Crippen molar-refractivity contribution in [3.8, 4) is 6.07 Å².